The molecule has 0 heterocycles. The Hall–Kier alpha value is -0.910. The molecular formula is C24H38O5. The molecule has 5 nitrogen and oxygen atoms in total. The number of hydrogen-bond acceptors (Lipinski definition) is 4. The Bertz CT molecular complexity index is 676. The van der Waals surface area contributed by atoms with Crippen molar-refractivity contribution in [1.29, 1.82) is 0 Å². The normalized spacial score (nSPS) is 53.2. The van der Waals surface area contributed by atoms with Crippen LogP contribution in [0.4, 0.5) is 0 Å². The van der Waals surface area contributed by atoms with Crippen LogP contribution in [0.1, 0.15) is 65.7 Å². The zero-order valence-electron chi connectivity index (χ0n) is 18.0. The molecule has 0 spiro atoms. The van der Waals surface area contributed by atoms with Crippen LogP contribution < -0.4 is 0 Å². The fourth-order valence-corrected chi connectivity index (χ4v) is 8.43. The molecule has 4 rings (SSSR count). The zero-order chi connectivity index (χ0) is 21.1. The van der Waals surface area contributed by atoms with Gasteiger partial charge in [0.05, 0.1) is 18.3 Å². The largest absolute Gasteiger partial charge is 0.478 e. The predicted molar refractivity (Wildman–Crippen MR) is 110 cm³/mol. The number of allylic oxidation sites excluding steroid dienone is 1. The number of rotatable bonds is 3. The number of aliphatic hydroxyl groups excluding tert-OH is 3. The highest BCUT2D eigenvalue weighted by atomic mass is 16.4. The lowest BCUT2D eigenvalue weighted by Gasteiger charge is -2.63. The smallest absolute Gasteiger partial charge is 0.327 e. The molecule has 5 heteroatoms. The first-order valence-corrected chi connectivity index (χ1v) is 11.5. The van der Waals surface area contributed by atoms with E-state index in [0.29, 0.717) is 18.3 Å². The Labute approximate surface area is 174 Å². The minimum Gasteiger partial charge on any atom is -0.478 e. The van der Waals surface area contributed by atoms with Gasteiger partial charge in [-0.05, 0) is 85.9 Å². The summed E-state index contributed by atoms with van der Waals surface area (Å²) in [5.74, 6) is 0.462. The summed E-state index contributed by atoms with van der Waals surface area (Å²) >= 11 is 0. The molecule has 4 aliphatic rings. The van der Waals surface area contributed by atoms with Gasteiger partial charge in [0.25, 0.3) is 0 Å². The van der Waals surface area contributed by atoms with Crippen molar-refractivity contribution in [3.05, 3.63) is 12.2 Å². The number of fused-ring (bicyclic) bond motifs is 5. The summed E-state index contributed by atoms with van der Waals surface area (Å²) < 4.78 is 0. The molecule has 4 saturated carbocycles. The van der Waals surface area contributed by atoms with Gasteiger partial charge in [-0.25, -0.2) is 4.79 Å². The highest BCUT2D eigenvalue weighted by Gasteiger charge is 2.65. The average molecular weight is 407 g/mol. The molecule has 4 aliphatic carbocycles. The van der Waals surface area contributed by atoms with E-state index in [-0.39, 0.29) is 46.7 Å². The second kappa shape index (κ2) is 7.35. The van der Waals surface area contributed by atoms with E-state index in [1.807, 2.05) is 0 Å². The van der Waals surface area contributed by atoms with E-state index in [1.165, 1.54) is 6.08 Å². The number of carboxylic acid groups (broad SMARTS) is 1. The van der Waals surface area contributed by atoms with Crippen LogP contribution in [0.25, 0.3) is 0 Å². The lowest BCUT2D eigenvalue weighted by molar-refractivity contribution is -0.206. The second-order valence-corrected chi connectivity index (χ2v) is 11.1. The van der Waals surface area contributed by atoms with Crippen LogP contribution in [0.2, 0.25) is 0 Å². The van der Waals surface area contributed by atoms with Crippen molar-refractivity contribution in [2.75, 3.05) is 0 Å². The lowest BCUT2D eigenvalue weighted by atomic mass is 9.43. The maximum atomic E-state index is 11.4. The van der Waals surface area contributed by atoms with Crippen molar-refractivity contribution in [2.24, 2.45) is 46.3 Å². The van der Waals surface area contributed by atoms with E-state index in [2.05, 4.69) is 20.8 Å². The standard InChI is InChI=1S/C24H38O5/c1-13(4-7-21(28)29)16-5-6-17-22-18(12-20(27)24(16,17)3)23(2)9-8-15(25)10-14(23)11-19(22)26/h4,7,13-20,22,25-27H,5-6,8-12H2,1-3H3,(H,28,29)/b7-4+/t13-,14-,15-,16-,17+,18+,19-,20+,22+,23+,24-/m1/s1. The Balaban J connectivity index is 1.64. The van der Waals surface area contributed by atoms with E-state index in [0.717, 1.165) is 38.5 Å². The molecule has 4 fully saturated rings. The van der Waals surface area contributed by atoms with Crippen LogP contribution in [0, 0.1) is 46.3 Å². The van der Waals surface area contributed by atoms with Gasteiger partial charge >= 0.3 is 5.97 Å². The number of carboxylic acids is 1. The maximum Gasteiger partial charge on any atom is 0.327 e. The summed E-state index contributed by atoms with van der Waals surface area (Å²) in [5.41, 5.74) is -0.208. The molecule has 0 unspecified atom stereocenters. The minimum absolute atomic E-state index is 0.0817. The van der Waals surface area contributed by atoms with Crippen LogP contribution in [-0.2, 0) is 4.79 Å². The number of hydrogen-bond donors (Lipinski definition) is 4. The van der Waals surface area contributed by atoms with Crippen LogP contribution in [-0.4, -0.2) is 44.7 Å². The first-order chi connectivity index (χ1) is 13.6. The number of carbonyl (C=O) groups is 1. The Morgan fingerprint density at radius 1 is 1.03 bits per heavy atom. The average Bonchev–Trinajstić information content (AvgIpc) is 3.01. The van der Waals surface area contributed by atoms with E-state index >= 15 is 0 Å². The van der Waals surface area contributed by atoms with Crippen LogP contribution >= 0.6 is 0 Å². The van der Waals surface area contributed by atoms with Crippen molar-refractivity contribution in [2.45, 2.75) is 84.0 Å². The van der Waals surface area contributed by atoms with E-state index in [4.69, 9.17) is 5.11 Å². The van der Waals surface area contributed by atoms with Gasteiger partial charge in [0.15, 0.2) is 0 Å². The fraction of sp³-hybridized carbons (Fsp3) is 0.875. The summed E-state index contributed by atoms with van der Waals surface area (Å²) in [6.07, 6.45) is 7.95. The number of aliphatic carboxylic acids is 1. The molecular weight excluding hydrogens is 368 g/mol. The third-order valence-corrected chi connectivity index (χ3v) is 10.0. The maximum absolute atomic E-state index is 11.4. The van der Waals surface area contributed by atoms with Crippen molar-refractivity contribution < 1.29 is 25.2 Å². The van der Waals surface area contributed by atoms with E-state index in [9.17, 15) is 20.1 Å². The molecule has 0 radical (unpaired) electrons. The molecule has 29 heavy (non-hydrogen) atoms. The monoisotopic (exact) mass is 406 g/mol. The Morgan fingerprint density at radius 3 is 2.45 bits per heavy atom. The van der Waals surface area contributed by atoms with Crippen LogP contribution in [0.15, 0.2) is 12.2 Å². The van der Waals surface area contributed by atoms with Crippen LogP contribution in [0.3, 0.4) is 0 Å². The quantitative estimate of drug-likeness (QED) is 0.540. The van der Waals surface area contributed by atoms with Crippen molar-refractivity contribution in [3.8, 4) is 0 Å². The highest BCUT2D eigenvalue weighted by molar-refractivity contribution is 5.79. The van der Waals surface area contributed by atoms with Crippen molar-refractivity contribution in [1.82, 2.24) is 0 Å². The van der Waals surface area contributed by atoms with Gasteiger partial charge in [0.1, 0.15) is 0 Å². The van der Waals surface area contributed by atoms with Crippen molar-refractivity contribution in [3.63, 3.8) is 0 Å². The van der Waals surface area contributed by atoms with Gasteiger partial charge < -0.3 is 20.4 Å². The molecule has 0 aromatic rings. The molecule has 0 aliphatic heterocycles. The predicted octanol–water partition coefficient (Wildman–Crippen LogP) is 3.22. The summed E-state index contributed by atoms with van der Waals surface area (Å²) in [5, 5.41) is 41.9. The van der Waals surface area contributed by atoms with Gasteiger partial charge in [0, 0.05) is 11.5 Å². The van der Waals surface area contributed by atoms with Gasteiger partial charge in [-0.3, -0.25) is 0 Å². The van der Waals surface area contributed by atoms with E-state index < -0.39 is 12.1 Å². The van der Waals surface area contributed by atoms with Gasteiger partial charge in [-0.2, -0.15) is 0 Å². The van der Waals surface area contributed by atoms with Gasteiger partial charge in [0.2, 0.25) is 0 Å². The van der Waals surface area contributed by atoms with Crippen LogP contribution in [0.5, 0.6) is 0 Å². The van der Waals surface area contributed by atoms with Gasteiger partial charge in [-0.15, -0.1) is 0 Å². The summed E-state index contributed by atoms with van der Waals surface area (Å²) in [7, 11) is 0. The molecule has 164 valence electrons. The number of aliphatic hydroxyl groups is 3. The molecule has 4 N–H and O–H groups in total. The molecule has 11 atom stereocenters. The lowest BCUT2D eigenvalue weighted by Crippen LogP contribution is -2.62. The molecule has 0 aromatic heterocycles. The van der Waals surface area contributed by atoms with Gasteiger partial charge in [-0.1, -0.05) is 26.8 Å². The SMILES string of the molecule is C[C@H](/C=C/C(=O)O)[C@H]1CC[C@H]2[C@@H]3[C@H](O)C[C@H]4C[C@H](O)CC[C@]4(C)[C@H]3C[C@H](O)[C@]12C. The molecule has 0 bridgehead atoms. The zero-order valence-corrected chi connectivity index (χ0v) is 18.0. The highest BCUT2D eigenvalue weighted by Crippen LogP contribution is 2.68. The first-order valence-electron chi connectivity index (χ1n) is 11.5. The third-order valence-electron chi connectivity index (χ3n) is 10.0. The molecule has 0 aromatic carbocycles. The minimum atomic E-state index is -0.929. The summed E-state index contributed by atoms with van der Waals surface area (Å²) in [4.78, 5) is 11.0. The summed E-state index contributed by atoms with van der Waals surface area (Å²) in [6.45, 7) is 6.59. The van der Waals surface area contributed by atoms with E-state index in [1.54, 1.807) is 6.08 Å². The molecule has 0 amide bonds. The first kappa shape index (κ1) is 21.3. The fourth-order valence-electron chi connectivity index (χ4n) is 8.43. The Kier molecular flexibility index (Phi) is 5.40. The molecule has 0 saturated heterocycles. The third kappa shape index (κ3) is 3.19. The van der Waals surface area contributed by atoms with Crippen molar-refractivity contribution >= 4 is 5.97 Å². The Morgan fingerprint density at radius 2 is 1.76 bits per heavy atom. The summed E-state index contributed by atoms with van der Waals surface area (Å²) in [6, 6.07) is 0. The second-order valence-electron chi connectivity index (χ2n) is 11.1. The topological polar surface area (TPSA) is 98.0 Å².